The molecule has 5 nitrogen and oxygen atoms in total. The van der Waals surface area contributed by atoms with Gasteiger partial charge >= 0.3 is 0 Å². The van der Waals surface area contributed by atoms with Crippen LogP contribution in [-0.4, -0.2) is 54.8 Å². The van der Waals surface area contributed by atoms with Crippen LogP contribution in [0.25, 0.3) is 0 Å². The van der Waals surface area contributed by atoms with Gasteiger partial charge in [0.1, 0.15) is 5.75 Å². The van der Waals surface area contributed by atoms with Crippen molar-refractivity contribution in [2.45, 2.75) is 32.7 Å². The Morgan fingerprint density at radius 3 is 2.46 bits per heavy atom. The smallest absolute Gasteiger partial charge is 0.223 e. The van der Waals surface area contributed by atoms with Crippen LogP contribution >= 0.6 is 11.3 Å². The molecule has 0 unspecified atom stereocenters. The van der Waals surface area contributed by atoms with Gasteiger partial charge in [-0.15, -0.1) is 11.3 Å². The van der Waals surface area contributed by atoms with E-state index >= 15 is 0 Å². The molecule has 0 spiro atoms. The number of aryl methyl sites for hydroxylation is 1. The van der Waals surface area contributed by atoms with Gasteiger partial charge < -0.3 is 9.64 Å². The Balaban J connectivity index is 1.45. The second kappa shape index (κ2) is 9.85. The highest BCUT2D eigenvalue weighted by atomic mass is 32.1. The predicted octanol–water partition coefficient (Wildman–Crippen LogP) is 3.76. The molecule has 0 N–H and O–H groups in total. The Bertz CT molecular complexity index is 800. The highest BCUT2D eigenvalue weighted by Gasteiger charge is 2.20. The summed E-state index contributed by atoms with van der Waals surface area (Å²) < 4.78 is 5.21. The van der Waals surface area contributed by atoms with Crippen LogP contribution in [0.3, 0.4) is 0 Å². The first-order chi connectivity index (χ1) is 13.5. The van der Waals surface area contributed by atoms with Crippen molar-refractivity contribution in [3.63, 3.8) is 0 Å². The fourth-order valence-corrected chi connectivity index (χ4v) is 4.29. The minimum absolute atomic E-state index is 0.0717. The molecule has 0 radical (unpaired) electrons. The van der Waals surface area contributed by atoms with Gasteiger partial charge in [0.05, 0.1) is 12.0 Å². The van der Waals surface area contributed by atoms with Crippen molar-refractivity contribution in [2.75, 3.05) is 33.3 Å². The number of carbonyl (C=O) groups excluding carboxylic acids is 2. The van der Waals surface area contributed by atoms with Gasteiger partial charge in [-0.1, -0.05) is 12.1 Å². The first-order valence-corrected chi connectivity index (χ1v) is 10.6. The summed E-state index contributed by atoms with van der Waals surface area (Å²) in [7, 11) is 1.67. The van der Waals surface area contributed by atoms with Crippen molar-refractivity contribution in [2.24, 2.45) is 0 Å². The Labute approximate surface area is 170 Å². The van der Waals surface area contributed by atoms with E-state index < -0.39 is 0 Å². The minimum Gasteiger partial charge on any atom is -0.497 e. The van der Waals surface area contributed by atoms with Gasteiger partial charge in [0.2, 0.25) is 5.91 Å². The number of hydrogen-bond donors (Lipinski definition) is 0. The zero-order chi connectivity index (χ0) is 19.9. The number of Topliss-reactive ketones (excluding diaryl/α,β-unsaturated/α-hetero) is 1. The second-order valence-corrected chi connectivity index (χ2v) is 8.48. The maximum absolute atomic E-state index is 12.6. The van der Waals surface area contributed by atoms with Gasteiger partial charge in [-0.05, 0) is 43.2 Å². The number of rotatable bonds is 7. The van der Waals surface area contributed by atoms with Crippen molar-refractivity contribution in [3.05, 3.63) is 51.7 Å². The maximum atomic E-state index is 12.6. The highest BCUT2D eigenvalue weighted by molar-refractivity contribution is 7.14. The lowest BCUT2D eigenvalue weighted by Crippen LogP contribution is -2.35. The summed E-state index contributed by atoms with van der Waals surface area (Å²) in [5.41, 5.74) is 1.25. The summed E-state index contributed by atoms with van der Waals surface area (Å²) >= 11 is 1.50. The molecule has 1 aromatic carbocycles. The second-order valence-electron chi connectivity index (χ2n) is 7.19. The Morgan fingerprint density at radius 1 is 1.00 bits per heavy atom. The van der Waals surface area contributed by atoms with E-state index in [0.717, 1.165) is 54.6 Å². The molecule has 1 amide bonds. The Kier molecular flexibility index (Phi) is 7.23. The van der Waals surface area contributed by atoms with Gasteiger partial charge in [-0.3, -0.25) is 14.5 Å². The van der Waals surface area contributed by atoms with Gasteiger partial charge in [0.25, 0.3) is 0 Å². The Morgan fingerprint density at radius 2 is 1.79 bits per heavy atom. The van der Waals surface area contributed by atoms with E-state index in [1.807, 2.05) is 36.1 Å². The molecule has 28 heavy (non-hydrogen) atoms. The minimum atomic E-state index is 0.0717. The average Bonchev–Trinajstić information content (AvgIpc) is 3.01. The molecule has 0 aliphatic carbocycles. The fourth-order valence-electron chi connectivity index (χ4n) is 3.45. The molecular formula is C22H28N2O3S. The van der Waals surface area contributed by atoms with E-state index in [1.54, 1.807) is 7.11 Å². The molecule has 2 heterocycles. The van der Waals surface area contributed by atoms with E-state index in [-0.39, 0.29) is 11.7 Å². The Hall–Kier alpha value is -2.18. The molecule has 6 heteroatoms. The summed E-state index contributed by atoms with van der Waals surface area (Å²) in [4.78, 5) is 31.0. The van der Waals surface area contributed by atoms with Crippen molar-refractivity contribution in [1.82, 2.24) is 9.80 Å². The molecule has 1 aromatic heterocycles. The van der Waals surface area contributed by atoms with E-state index in [1.165, 1.54) is 16.9 Å². The average molecular weight is 401 g/mol. The zero-order valence-electron chi connectivity index (χ0n) is 16.6. The molecule has 1 aliphatic rings. The summed E-state index contributed by atoms with van der Waals surface area (Å²) in [5, 5.41) is 0. The lowest BCUT2D eigenvalue weighted by Gasteiger charge is -2.22. The normalized spacial score (nSPS) is 15.3. The highest BCUT2D eigenvalue weighted by Crippen LogP contribution is 2.18. The molecule has 1 fully saturated rings. The summed E-state index contributed by atoms with van der Waals surface area (Å²) in [6.07, 6.45) is 1.55. The molecule has 0 saturated carbocycles. The number of thiophene rings is 1. The number of benzene rings is 1. The van der Waals surface area contributed by atoms with Crippen LogP contribution in [0.1, 0.15) is 39.4 Å². The van der Waals surface area contributed by atoms with E-state index in [4.69, 9.17) is 4.74 Å². The monoisotopic (exact) mass is 400 g/mol. The third-order valence-electron chi connectivity index (χ3n) is 5.09. The van der Waals surface area contributed by atoms with Crippen LogP contribution in [0.15, 0.2) is 36.4 Å². The molecule has 0 bridgehead atoms. The number of amides is 1. The molecule has 2 aromatic rings. The first-order valence-electron chi connectivity index (χ1n) is 9.78. The van der Waals surface area contributed by atoms with Gasteiger partial charge in [-0.25, -0.2) is 0 Å². The van der Waals surface area contributed by atoms with Crippen LogP contribution < -0.4 is 4.74 Å². The molecule has 3 rings (SSSR count). The van der Waals surface area contributed by atoms with Crippen LogP contribution in [0.2, 0.25) is 0 Å². The molecular weight excluding hydrogens is 372 g/mol. The standard InChI is InChI=1S/C22H28N2O3S/c1-17-4-10-21(28-17)20(25)9-11-22(26)24-13-3-12-23(14-15-24)16-18-5-7-19(27-2)8-6-18/h4-8,10H,3,9,11-16H2,1-2H3. The predicted molar refractivity (Wildman–Crippen MR) is 112 cm³/mol. The SMILES string of the molecule is COc1ccc(CN2CCCN(C(=O)CCC(=O)c3ccc(C)s3)CC2)cc1. The van der Waals surface area contributed by atoms with Crippen molar-refractivity contribution in [3.8, 4) is 5.75 Å². The fraction of sp³-hybridized carbons (Fsp3) is 0.455. The maximum Gasteiger partial charge on any atom is 0.223 e. The third kappa shape index (κ3) is 5.66. The largest absolute Gasteiger partial charge is 0.497 e. The van der Waals surface area contributed by atoms with Crippen molar-refractivity contribution < 1.29 is 14.3 Å². The number of ether oxygens (including phenoxy) is 1. The van der Waals surface area contributed by atoms with Crippen LogP contribution in [0, 0.1) is 6.92 Å². The first kappa shape index (κ1) is 20.6. The topological polar surface area (TPSA) is 49.9 Å². The van der Waals surface area contributed by atoms with Crippen molar-refractivity contribution >= 4 is 23.0 Å². The van der Waals surface area contributed by atoms with E-state index in [2.05, 4.69) is 17.0 Å². The van der Waals surface area contributed by atoms with Gasteiger partial charge in [0, 0.05) is 50.4 Å². The molecule has 150 valence electrons. The molecule has 1 saturated heterocycles. The van der Waals surface area contributed by atoms with Gasteiger partial charge in [-0.2, -0.15) is 0 Å². The zero-order valence-corrected chi connectivity index (χ0v) is 17.5. The number of hydrogen-bond acceptors (Lipinski definition) is 5. The van der Waals surface area contributed by atoms with Crippen LogP contribution in [0.4, 0.5) is 0 Å². The third-order valence-corrected chi connectivity index (χ3v) is 6.13. The summed E-state index contributed by atoms with van der Waals surface area (Å²) in [6, 6.07) is 11.9. The summed E-state index contributed by atoms with van der Waals surface area (Å²) in [5.74, 6) is 1.03. The lowest BCUT2D eigenvalue weighted by molar-refractivity contribution is -0.131. The lowest BCUT2D eigenvalue weighted by atomic mass is 10.1. The number of ketones is 1. The van der Waals surface area contributed by atoms with Crippen LogP contribution in [-0.2, 0) is 11.3 Å². The summed E-state index contributed by atoms with van der Waals surface area (Å²) in [6.45, 7) is 6.19. The molecule has 0 atom stereocenters. The quantitative estimate of drug-likeness (QED) is 0.664. The molecule has 1 aliphatic heterocycles. The van der Waals surface area contributed by atoms with Gasteiger partial charge in [0.15, 0.2) is 5.78 Å². The number of nitrogens with zero attached hydrogens (tertiary/aromatic N) is 2. The van der Waals surface area contributed by atoms with E-state index in [9.17, 15) is 9.59 Å². The number of carbonyl (C=O) groups is 2. The van der Waals surface area contributed by atoms with E-state index in [0.29, 0.717) is 12.8 Å². The van der Waals surface area contributed by atoms with Crippen LogP contribution in [0.5, 0.6) is 5.75 Å². The number of methoxy groups -OCH3 is 1. The van der Waals surface area contributed by atoms with Crippen molar-refractivity contribution in [1.29, 1.82) is 0 Å².